The first-order valence-electron chi connectivity index (χ1n) is 12.8. The molecular weight excluding hydrogens is 668 g/mol. The van der Waals surface area contributed by atoms with E-state index in [1.54, 1.807) is 24.3 Å². The van der Waals surface area contributed by atoms with Crippen LogP contribution in [0.4, 0.5) is 15.8 Å². The molecule has 0 aromatic heterocycles. The third-order valence-corrected chi connectivity index (χ3v) is 7.91. The molecule has 0 amide bonds. The smallest absolute Gasteiger partial charge is 0.243 e. The number of nitrogens with two attached hydrogens (primary N) is 1. The summed E-state index contributed by atoms with van der Waals surface area (Å²) in [5.74, 6) is -0.221. The summed E-state index contributed by atoms with van der Waals surface area (Å²) in [6, 6.07) is 21.6. The number of hydrogen-bond acceptors (Lipinski definition) is 6. The third-order valence-electron chi connectivity index (χ3n) is 6.06. The first-order chi connectivity index (χ1) is 18.1. The van der Waals surface area contributed by atoms with Crippen LogP contribution in [0.15, 0.2) is 83.8 Å². The second kappa shape index (κ2) is 16.5. The van der Waals surface area contributed by atoms with Gasteiger partial charge in [-0.3, -0.25) is 6.42 Å². The zero-order valence-electron chi connectivity index (χ0n) is 22.2. The van der Waals surface area contributed by atoms with Gasteiger partial charge in [-0.05, 0) is 66.4 Å². The van der Waals surface area contributed by atoms with Crippen LogP contribution in [0.25, 0.3) is 0 Å². The van der Waals surface area contributed by atoms with Crippen molar-refractivity contribution in [3.63, 3.8) is 0 Å². The number of nitrogens with zero attached hydrogens (tertiary/aromatic N) is 1. The van der Waals surface area contributed by atoms with Gasteiger partial charge in [-0.1, -0.05) is 44.2 Å². The van der Waals surface area contributed by atoms with E-state index in [2.05, 4.69) is 10.6 Å². The van der Waals surface area contributed by atoms with Gasteiger partial charge in [0, 0.05) is 68.2 Å². The standard InChI is InChI=1S/C29H38FN4O3S.Ho/c1-22(2)20-34(38(36,37)27-15-11-25(31)12-16-27)21-29(35)28(19-23-7-4-3-5-8-23)33-18-6-17-32-26-13-9-24(30)10-14-26;/h3-16,22,28-29,32-33,35H,17-21,31H2,1-2H3;/q-1;/t28-,29+;/m0./s1. The molecule has 2 atom stereocenters. The number of nitrogens with one attached hydrogen (secondary N) is 2. The largest absolute Gasteiger partial charge is 0.415 e. The molecule has 5 N–H and O–H groups in total. The minimum absolute atomic E-state index is 0. The molecule has 3 rings (SSSR count). The predicted molar refractivity (Wildman–Crippen MR) is 152 cm³/mol. The van der Waals surface area contributed by atoms with Crippen molar-refractivity contribution in [1.82, 2.24) is 9.62 Å². The Balaban J connectivity index is 0.00000533. The average Bonchev–Trinajstić information content (AvgIpc) is 2.89. The Morgan fingerprint density at radius 2 is 1.59 bits per heavy atom. The van der Waals surface area contributed by atoms with Gasteiger partial charge in [0.2, 0.25) is 10.0 Å². The van der Waals surface area contributed by atoms with Crippen LogP contribution in [0.2, 0.25) is 0 Å². The molecule has 3 aromatic carbocycles. The van der Waals surface area contributed by atoms with Crippen LogP contribution in [-0.2, 0) is 16.4 Å². The van der Waals surface area contributed by atoms with Crippen molar-refractivity contribution in [3.8, 4) is 0 Å². The molecule has 0 spiro atoms. The summed E-state index contributed by atoms with van der Waals surface area (Å²) in [5, 5.41) is 17.9. The fourth-order valence-electron chi connectivity index (χ4n) is 4.08. The summed E-state index contributed by atoms with van der Waals surface area (Å²) in [6.07, 6.45) is 1.54. The Kier molecular flexibility index (Phi) is 14.2. The van der Waals surface area contributed by atoms with Crippen LogP contribution < -0.4 is 16.4 Å². The number of hydrogen-bond donors (Lipinski definition) is 4. The minimum atomic E-state index is -3.83. The molecule has 0 aliphatic rings. The molecule has 0 bridgehead atoms. The maximum Gasteiger partial charge on any atom is 0.243 e. The zero-order chi connectivity index (χ0) is 27.5. The topological polar surface area (TPSA) is 108 Å². The van der Waals surface area contributed by atoms with Gasteiger partial charge in [-0.25, -0.2) is 12.8 Å². The van der Waals surface area contributed by atoms with E-state index in [9.17, 15) is 17.9 Å². The Hall–Kier alpha value is -1.72. The van der Waals surface area contributed by atoms with E-state index in [0.29, 0.717) is 25.2 Å². The van der Waals surface area contributed by atoms with E-state index < -0.39 is 22.2 Å². The van der Waals surface area contributed by atoms with Gasteiger partial charge in [-0.15, -0.1) is 13.1 Å². The van der Waals surface area contributed by atoms with Gasteiger partial charge in [0.25, 0.3) is 0 Å². The number of aliphatic hydroxyl groups is 1. The van der Waals surface area contributed by atoms with E-state index in [1.807, 2.05) is 50.6 Å². The Labute approximate surface area is 262 Å². The first kappa shape index (κ1) is 33.5. The third kappa shape index (κ3) is 11.0. The Morgan fingerprint density at radius 3 is 2.21 bits per heavy atom. The number of halogens is 1. The SMILES string of the molecule is CC(C)CN(C[C@@H](O)[C@H](Cc1ccccc1)NC[CH-]CNc1ccc(F)cc1)S(=O)(=O)c1ccc(N)cc1.[Ho]. The van der Waals surface area contributed by atoms with E-state index in [-0.39, 0.29) is 67.5 Å². The second-order valence-electron chi connectivity index (χ2n) is 9.73. The van der Waals surface area contributed by atoms with Gasteiger partial charge in [0.1, 0.15) is 5.82 Å². The first-order valence-corrected chi connectivity index (χ1v) is 14.2. The minimum Gasteiger partial charge on any atom is -0.415 e. The van der Waals surface area contributed by atoms with E-state index >= 15 is 0 Å². The van der Waals surface area contributed by atoms with Crippen molar-refractivity contribution in [2.24, 2.45) is 5.92 Å². The van der Waals surface area contributed by atoms with Crippen LogP contribution in [0.5, 0.6) is 0 Å². The van der Waals surface area contributed by atoms with Gasteiger partial charge in [0.05, 0.1) is 11.0 Å². The van der Waals surface area contributed by atoms with Crippen molar-refractivity contribution in [3.05, 3.63) is 96.7 Å². The molecular formula is C29H38FHoN4O3S-. The van der Waals surface area contributed by atoms with Crippen molar-refractivity contribution in [1.29, 1.82) is 0 Å². The van der Waals surface area contributed by atoms with Crippen LogP contribution in [0.1, 0.15) is 19.4 Å². The summed E-state index contributed by atoms with van der Waals surface area (Å²) in [6.45, 7) is 5.13. The summed E-state index contributed by atoms with van der Waals surface area (Å²) in [4.78, 5) is 0.146. The molecule has 217 valence electrons. The molecule has 0 saturated carbocycles. The van der Waals surface area contributed by atoms with E-state index in [4.69, 9.17) is 5.73 Å². The normalized spacial score (nSPS) is 13.2. The average molecular weight is 707 g/mol. The number of benzene rings is 3. The van der Waals surface area contributed by atoms with E-state index in [0.717, 1.165) is 11.3 Å². The molecule has 39 heavy (non-hydrogen) atoms. The van der Waals surface area contributed by atoms with E-state index in [1.165, 1.54) is 28.6 Å². The molecule has 10 heteroatoms. The quantitative estimate of drug-likeness (QED) is 0.0827. The molecule has 0 unspecified atom stereocenters. The molecule has 7 nitrogen and oxygen atoms in total. The molecule has 0 saturated heterocycles. The van der Waals surface area contributed by atoms with Gasteiger partial charge in [-0.2, -0.15) is 4.31 Å². The molecule has 1 radical (unpaired) electrons. The predicted octanol–water partition coefficient (Wildman–Crippen LogP) is 3.93. The van der Waals surface area contributed by atoms with Gasteiger partial charge >= 0.3 is 0 Å². The van der Waals surface area contributed by atoms with Crippen LogP contribution in [-0.4, -0.2) is 56.2 Å². The summed E-state index contributed by atoms with van der Waals surface area (Å²) < 4.78 is 41.4. The summed E-state index contributed by atoms with van der Waals surface area (Å²) >= 11 is 0. The number of sulfonamides is 1. The monoisotopic (exact) mass is 706 g/mol. The Bertz CT molecular complexity index is 1210. The van der Waals surface area contributed by atoms with Crippen LogP contribution >= 0.6 is 0 Å². The van der Waals surface area contributed by atoms with Gasteiger partial charge in [0.15, 0.2) is 0 Å². The van der Waals surface area contributed by atoms with Gasteiger partial charge < -0.3 is 21.5 Å². The van der Waals surface area contributed by atoms with Crippen molar-refractivity contribution in [2.75, 3.05) is 37.2 Å². The molecule has 0 heterocycles. The maximum atomic E-state index is 13.5. The van der Waals surface area contributed by atoms with Crippen LogP contribution in [0.3, 0.4) is 0 Å². The molecule has 3 aromatic rings. The summed E-state index contributed by atoms with van der Waals surface area (Å²) in [5.41, 5.74) is 8.07. The summed E-state index contributed by atoms with van der Waals surface area (Å²) in [7, 11) is -3.83. The number of aliphatic hydroxyl groups excluding tert-OH is 1. The number of nitrogen functional groups attached to an aromatic ring is 1. The Morgan fingerprint density at radius 1 is 0.949 bits per heavy atom. The van der Waals surface area contributed by atoms with Crippen molar-refractivity contribution in [2.45, 2.75) is 37.3 Å². The van der Waals surface area contributed by atoms with Crippen molar-refractivity contribution < 1.29 is 55.7 Å². The molecule has 0 aliphatic carbocycles. The molecule has 0 fully saturated rings. The van der Waals surface area contributed by atoms with Crippen LogP contribution in [0, 0.1) is 55.9 Å². The number of anilines is 2. The maximum absolute atomic E-state index is 13.5. The molecule has 0 aliphatic heterocycles. The second-order valence-corrected chi connectivity index (χ2v) is 11.7. The number of rotatable bonds is 15. The van der Waals surface area contributed by atoms with Crippen molar-refractivity contribution >= 4 is 21.4 Å². The zero-order valence-corrected chi connectivity index (χ0v) is 25.0. The fraction of sp³-hybridized carbons (Fsp3) is 0.345. The fourth-order valence-corrected chi connectivity index (χ4v) is 5.70.